The number of halogens is 1. The van der Waals surface area contributed by atoms with E-state index < -0.39 is 0 Å². The number of fused-ring (bicyclic) bond motifs is 1. The van der Waals surface area contributed by atoms with Gasteiger partial charge in [0.25, 0.3) is 0 Å². The number of benzene rings is 2. The molecule has 0 aliphatic heterocycles. The molecule has 0 saturated heterocycles. The van der Waals surface area contributed by atoms with E-state index in [1.807, 2.05) is 0 Å². The van der Waals surface area contributed by atoms with Crippen LogP contribution < -0.4 is 5.73 Å². The molecule has 0 amide bonds. The number of thiophene rings is 1. The summed E-state index contributed by atoms with van der Waals surface area (Å²) in [7, 11) is 0. The zero-order chi connectivity index (χ0) is 14.1. The zero-order valence-corrected chi connectivity index (χ0v) is 13.7. The van der Waals surface area contributed by atoms with Gasteiger partial charge in [0.05, 0.1) is 3.79 Å². The fraction of sp³-hybridized carbons (Fsp3) is 0.176. The lowest BCUT2D eigenvalue weighted by Gasteiger charge is -2.10. The Balaban J connectivity index is 1.85. The molecule has 0 radical (unpaired) electrons. The van der Waals surface area contributed by atoms with Gasteiger partial charge in [-0.25, -0.2) is 0 Å². The monoisotopic (exact) mass is 345 g/mol. The van der Waals surface area contributed by atoms with Crippen LogP contribution in [0.5, 0.6) is 0 Å². The Morgan fingerprint density at radius 2 is 1.85 bits per heavy atom. The third kappa shape index (κ3) is 2.80. The van der Waals surface area contributed by atoms with E-state index in [9.17, 15) is 0 Å². The molecule has 3 heteroatoms. The Kier molecular flexibility index (Phi) is 3.92. The van der Waals surface area contributed by atoms with Crippen LogP contribution >= 0.6 is 27.3 Å². The van der Waals surface area contributed by atoms with Gasteiger partial charge in [-0.2, -0.15) is 0 Å². The van der Waals surface area contributed by atoms with E-state index in [1.165, 1.54) is 30.6 Å². The molecule has 1 unspecified atom stereocenters. The molecule has 0 fully saturated rings. The minimum atomic E-state index is 0.0613. The molecule has 2 N–H and O–H groups in total. The minimum Gasteiger partial charge on any atom is -0.323 e. The van der Waals surface area contributed by atoms with Crippen molar-refractivity contribution in [3.05, 3.63) is 68.3 Å². The van der Waals surface area contributed by atoms with Gasteiger partial charge in [0.1, 0.15) is 0 Å². The van der Waals surface area contributed by atoms with Crippen molar-refractivity contribution in [2.45, 2.75) is 19.4 Å². The molecule has 3 rings (SSSR count). The highest BCUT2D eigenvalue weighted by Crippen LogP contribution is 2.32. The van der Waals surface area contributed by atoms with Crippen LogP contribution in [0.1, 0.15) is 22.0 Å². The van der Waals surface area contributed by atoms with Crippen LogP contribution in [0.2, 0.25) is 0 Å². The van der Waals surface area contributed by atoms with Crippen LogP contribution in [0.4, 0.5) is 0 Å². The molecule has 0 bridgehead atoms. The van der Waals surface area contributed by atoms with Gasteiger partial charge in [-0.05, 0) is 57.2 Å². The van der Waals surface area contributed by atoms with Crippen LogP contribution in [0.3, 0.4) is 0 Å². The fourth-order valence-electron chi connectivity index (χ4n) is 2.39. The molecule has 1 nitrogen and oxygen atoms in total. The second kappa shape index (κ2) is 5.68. The van der Waals surface area contributed by atoms with Crippen LogP contribution in [-0.4, -0.2) is 0 Å². The van der Waals surface area contributed by atoms with E-state index in [1.54, 1.807) is 11.3 Å². The van der Waals surface area contributed by atoms with Crippen molar-refractivity contribution in [3.63, 3.8) is 0 Å². The Bertz CT molecular complexity index is 728. The van der Waals surface area contributed by atoms with Crippen molar-refractivity contribution in [3.8, 4) is 0 Å². The average Bonchev–Trinajstić information content (AvgIpc) is 2.79. The third-order valence-electron chi connectivity index (χ3n) is 3.51. The van der Waals surface area contributed by atoms with E-state index in [4.69, 9.17) is 5.73 Å². The summed E-state index contributed by atoms with van der Waals surface area (Å²) in [5, 5.41) is 2.56. The summed E-state index contributed by atoms with van der Waals surface area (Å²) in [4.78, 5) is 1.24. The van der Waals surface area contributed by atoms with E-state index in [2.05, 4.69) is 71.4 Å². The van der Waals surface area contributed by atoms with Gasteiger partial charge in [0.15, 0.2) is 0 Å². The van der Waals surface area contributed by atoms with Gasteiger partial charge in [-0.15, -0.1) is 11.3 Å². The largest absolute Gasteiger partial charge is 0.323 e. The molecule has 0 spiro atoms. The maximum Gasteiger partial charge on any atom is 0.0731 e. The predicted octanol–water partition coefficient (Wildman–Crippen LogP) is 5.21. The standard InChI is InChI=1S/C17H16BrNS/c1-11-8-16(20-17(11)18)15(19)10-12-6-7-13-4-2-3-5-14(13)9-12/h2-9,15H,10,19H2,1H3. The maximum absolute atomic E-state index is 6.34. The normalized spacial score (nSPS) is 12.8. The lowest BCUT2D eigenvalue weighted by molar-refractivity contribution is 0.737. The first-order valence-corrected chi connectivity index (χ1v) is 8.23. The quantitative estimate of drug-likeness (QED) is 0.692. The first-order valence-electron chi connectivity index (χ1n) is 6.62. The van der Waals surface area contributed by atoms with Crippen molar-refractivity contribution >= 4 is 38.0 Å². The molecule has 0 aliphatic rings. The van der Waals surface area contributed by atoms with Crippen molar-refractivity contribution in [2.75, 3.05) is 0 Å². The highest BCUT2D eigenvalue weighted by molar-refractivity contribution is 9.11. The Morgan fingerprint density at radius 3 is 2.55 bits per heavy atom. The number of nitrogens with two attached hydrogens (primary N) is 1. The summed E-state index contributed by atoms with van der Waals surface area (Å²) < 4.78 is 1.18. The van der Waals surface area contributed by atoms with Crippen molar-refractivity contribution in [1.82, 2.24) is 0 Å². The number of hydrogen-bond donors (Lipinski definition) is 1. The second-order valence-electron chi connectivity index (χ2n) is 5.10. The van der Waals surface area contributed by atoms with Gasteiger partial charge in [0, 0.05) is 10.9 Å². The van der Waals surface area contributed by atoms with Crippen molar-refractivity contribution in [2.24, 2.45) is 5.73 Å². The third-order valence-corrected chi connectivity index (χ3v) is 5.78. The summed E-state index contributed by atoms with van der Waals surface area (Å²) in [6.07, 6.45) is 0.872. The first-order chi connectivity index (χ1) is 9.63. The molecule has 2 aromatic carbocycles. The summed E-state index contributed by atoms with van der Waals surface area (Å²) in [5.74, 6) is 0. The zero-order valence-electron chi connectivity index (χ0n) is 11.3. The van der Waals surface area contributed by atoms with Crippen LogP contribution in [0.15, 0.2) is 52.3 Å². The van der Waals surface area contributed by atoms with Crippen LogP contribution in [0.25, 0.3) is 10.8 Å². The van der Waals surface area contributed by atoms with Crippen LogP contribution in [0, 0.1) is 6.92 Å². The molecule has 1 atom stereocenters. The molecular formula is C17H16BrNS. The SMILES string of the molecule is Cc1cc(C(N)Cc2ccc3ccccc3c2)sc1Br. The Labute approximate surface area is 131 Å². The Hall–Kier alpha value is -1.16. The number of rotatable bonds is 3. The van der Waals surface area contributed by atoms with Crippen LogP contribution in [-0.2, 0) is 6.42 Å². The smallest absolute Gasteiger partial charge is 0.0731 e. The topological polar surface area (TPSA) is 26.0 Å². The first kappa shape index (κ1) is 13.8. The van der Waals surface area contributed by atoms with E-state index in [0.29, 0.717) is 0 Å². The summed E-state index contributed by atoms with van der Waals surface area (Å²) in [6, 6.07) is 17.3. The summed E-state index contributed by atoms with van der Waals surface area (Å²) in [5.41, 5.74) is 8.90. The van der Waals surface area contributed by atoms with E-state index >= 15 is 0 Å². The molecule has 1 aromatic heterocycles. The predicted molar refractivity (Wildman–Crippen MR) is 91.3 cm³/mol. The molecule has 1 heterocycles. The van der Waals surface area contributed by atoms with E-state index in [-0.39, 0.29) is 6.04 Å². The van der Waals surface area contributed by atoms with Gasteiger partial charge in [0.2, 0.25) is 0 Å². The summed E-state index contributed by atoms with van der Waals surface area (Å²) >= 11 is 5.30. The molecule has 0 saturated carbocycles. The lowest BCUT2D eigenvalue weighted by atomic mass is 10.0. The molecule has 20 heavy (non-hydrogen) atoms. The maximum atomic E-state index is 6.34. The minimum absolute atomic E-state index is 0.0613. The summed E-state index contributed by atoms with van der Waals surface area (Å²) in [6.45, 7) is 2.10. The molecule has 102 valence electrons. The molecular weight excluding hydrogens is 330 g/mol. The Morgan fingerprint density at radius 1 is 1.10 bits per heavy atom. The van der Waals surface area contributed by atoms with E-state index in [0.717, 1.165) is 6.42 Å². The molecule has 3 aromatic rings. The average molecular weight is 346 g/mol. The van der Waals surface area contributed by atoms with Crippen molar-refractivity contribution < 1.29 is 0 Å². The fourth-order valence-corrected chi connectivity index (χ4v) is 3.96. The van der Waals surface area contributed by atoms with Crippen molar-refractivity contribution in [1.29, 1.82) is 0 Å². The van der Waals surface area contributed by atoms with Gasteiger partial charge < -0.3 is 5.73 Å². The van der Waals surface area contributed by atoms with Gasteiger partial charge in [-0.1, -0.05) is 42.5 Å². The lowest BCUT2D eigenvalue weighted by Crippen LogP contribution is -2.11. The number of aryl methyl sites for hydroxylation is 1. The second-order valence-corrected chi connectivity index (χ2v) is 7.50. The number of hydrogen-bond acceptors (Lipinski definition) is 2. The highest BCUT2D eigenvalue weighted by atomic mass is 79.9. The van der Waals surface area contributed by atoms with Gasteiger partial charge >= 0.3 is 0 Å². The highest BCUT2D eigenvalue weighted by Gasteiger charge is 2.12. The molecule has 0 aliphatic carbocycles. The van der Waals surface area contributed by atoms with Gasteiger partial charge in [-0.3, -0.25) is 0 Å².